The summed E-state index contributed by atoms with van der Waals surface area (Å²) >= 11 is 4.99. The highest BCUT2D eigenvalue weighted by Crippen LogP contribution is 2.34. The molecule has 3 aromatic rings. The Morgan fingerprint density at radius 2 is 1.96 bits per heavy atom. The van der Waals surface area contributed by atoms with Crippen molar-refractivity contribution in [2.75, 3.05) is 5.75 Å². The Balaban J connectivity index is 1.54. The van der Waals surface area contributed by atoms with E-state index in [9.17, 15) is 4.79 Å². The van der Waals surface area contributed by atoms with Crippen molar-refractivity contribution in [1.29, 1.82) is 0 Å². The number of hydrogen-bond donors (Lipinski definition) is 0. The first-order valence-electron chi connectivity index (χ1n) is 8.06. The highest BCUT2D eigenvalue weighted by molar-refractivity contribution is 9.10. The fourth-order valence-corrected chi connectivity index (χ4v) is 4.22. The van der Waals surface area contributed by atoms with Gasteiger partial charge in [0.05, 0.1) is 18.3 Å². The van der Waals surface area contributed by atoms with Gasteiger partial charge in [0.2, 0.25) is 0 Å². The number of rotatable bonds is 5. The third-order valence-corrected chi connectivity index (χ3v) is 6.04. The monoisotopic (exact) mass is 430 g/mol. The van der Waals surface area contributed by atoms with Gasteiger partial charge in [-0.25, -0.2) is 5.01 Å². The van der Waals surface area contributed by atoms with Crippen LogP contribution in [0.4, 0.5) is 0 Å². The van der Waals surface area contributed by atoms with Gasteiger partial charge in [0, 0.05) is 15.8 Å². The number of amides is 1. The normalized spacial score (nSPS) is 16.7. The molecule has 5 nitrogen and oxygen atoms in total. The molecule has 4 rings (SSSR count). The molecular formula is C19H15BrN2O3S. The quantitative estimate of drug-likeness (QED) is 0.527. The van der Waals surface area contributed by atoms with Crippen LogP contribution in [0.2, 0.25) is 0 Å². The van der Waals surface area contributed by atoms with E-state index in [0.29, 0.717) is 12.2 Å². The second kappa shape index (κ2) is 7.55. The molecule has 1 unspecified atom stereocenters. The molecule has 0 fully saturated rings. The maximum Gasteiger partial charge on any atom is 0.253 e. The predicted octanol–water partition coefficient (Wildman–Crippen LogP) is 5.11. The molecule has 7 heteroatoms. The molecule has 2 aromatic heterocycles. The van der Waals surface area contributed by atoms with Gasteiger partial charge >= 0.3 is 0 Å². The van der Waals surface area contributed by atoms with Crippen molar-refractivity contribution in [3.8, 4) is 0 Å². The highest BCUT2D eigenvalue weighted by atomic mass is 79.9. The average molecular weight is 431 g/mol. The van der Waals surface area contributed by atoms with Crippen molar-refractivity contribution >= 4 is 39.3 Å². The summed E-state index contributed by atoms with van der Waals surface area (Å²) in [5.74, 6) is 1.60. The SMILES string of the molecule is O=C(CSc1ccccc1Br)N1N=C(c2ccco2)CC1c1ccco1. The van der Waals surface area contributed by atoms with Gasteiger partial charge in [-0.15, -0.1) is 11.8 Å². The summed E-state index contributed by atoms with van der Waals surface area (Å²) in [6.07, 6.45) is 3.78. The third kappa shape index (κ3) is 3.50. The summed E-state index contributed by atoms with van der Waals surface area (Å²) in [5, 5.41) is 6.04. The highest BCUT2D eigenvalue weighted by Gasteiger charge is 2.35. The molecule has 26 heavy (non-hydrogen) atoms. The Labute approximate surface area is 163 Å². The zero-order valence-electron chi connectivity index (χ0n) is 13.7. The van der Waals surface area contributed by atoms with Crippen LogP contribution in [0.5, 0.6) is 0 Å². The van der Waals surface area contributed by atoms with E-state index in [0.717, 1.165) is 20.8 Å². The molecule has 0 bridgehead atoms. The van der Waals surface area contributed by atoms with E-state index in [1.54, 1.807) is 12.5 Å². The van der Waals surface area contributed by atoms with Crippen LogP contribution in [0.15, 0.2) is 84.4 Å². The number of hydrogen-bond acceptors (Lipinski definition) is 5. The molecule has 1 amide bonds. The predicted molar refractivity (Wildman–Crippen MR) is 103 cm³/mol. The van der Waals surface area contributed by atoms with E-state index in [2.05, 4.69) is 21.0 Å². The maximum absolute atomic E-state index is 12.9. The molecule has 132 valence electrons. The Morgan fingerprint density at radius 3 is 2.69 bits per heavy atom. The van der Waals surface area contributed by atoms with Gasteiger partial charge in [0.1, 0.15) is 23.3 Å². The van der Waals surface area contributed by atoms with Crippen molar-refractivity contribution in [1.82, 2.24) is 5.01 Å². The number of nitrogens with zero attached hydrogens (tertiary/aromatic N) is 2. The molecule has 1 aliphatic heterocycles. The topological polar surface area (TPSA) is 59.0 Å². The third-order valence-electron chi connectivity index (χ3n) is 4.03. The molecule has 3 heterocycles. The van der Waals surface area contributed by atoms with Crippen LogP contribution in [0.3, 0.4) is 0 Å². The van der Waals surface area contributed by atoms with Crippen LogP contribution in [-0.4, -0.2) is 22.4 Å². The second-order valence-electron chi connectivity index (χ2n) is 5.72. The van der Waals surface area contributed by atoms with E-state index in [4.69, 9.17) is 8.83 Å². The number of benzene rings is 1. The van der Waals surface area contributed by atoms with E-state index in [1.807, 2.05) is 48.5 Å². The van der Waals surface area contributed by atoms with Gasteiger partial charge in [0.15, 0.2) is 0 Å². The van der Waals surface area contributed by atoms with Crippen LogP contribution in [-0.2, 0) is 4.79 Å². The number of hydrazone groups is 1. The first kappa shape index (κ1) is 17.2. The number of carbonyl (C=O) groups is 1. The van der Waals surface area contributed by atoms with Gasteiger partial charge in [0.25, 0.3) is 5.91 Å². The molecule has 1 atom stereocenters. The first-order chi connectivity index (χ1) is 12.7. The van der Waals surface area contributed by atoms with E-state index >= 15 is 0 Å². The summed E-state index contributed by atoms with van der Waals surface area (Å²) in [6, 6.07) is 14.9. The molecule has 1 aromatic carbocycles. The standard InChI is InChI=1S/C19H15BrN2O3S/c20-13-5-1-2-8-18(13)26-12-19(23)22-15(17-7-4-10-25-17)11-14(21-22)16-6-3-9-24-16/h1-10,15H,11-12H2. The number of halogens is 1. The molecule has 0 saturated heterocycles. The van der Waals surface area contributed by atoms with Gasteiger partial charge < -0.3 is 8.83 Å². The minimum absolute atomic E-state index is 0.0753. The average Bonchev–Trinajstić information content (AvgIpc) is 3.41. The molecule has 0 spiro atoms. The Hall–Kier alpha value is -2.25. The van der Waals surface area contributed by atoms with Gasteiger partial charge in [-0.05, 0) is 52.3 Å². The van der Waals surface area contributed by atoms with Crippen molar-refractivity contribution in [2.45, 2.75) is 17.4 Å². The van der Waals surface area contributed by atoms with E-state index in [1.165, 1.54) is 16.8 Å². The van der Waals surface area contributed by atoms with Gasteiger partial charge in [-0.3, -0.25) is 4.79 Å². The number of furan rings is 2. The summed E-state index contributed by atoms with van der Waals surface area (Å²) < 4.78 is 12.0. The fraction of sp³-hybridized carbons (Fsp3) is 0.158. The molecular weight excluding hydrogens is 416 g/mol. The minimum Gasteiger partial charge on any atom is -0.467 e. The van der Waals surface area contributed by atoms with Crippen LogP contribution >= 0.6 is 27.7 Å². The summed E-state index contributed by atoms with van der Waals surface area (Å²) in [5.41, 5.74) is 0.746. The number of carbonyl (C=O) groups excluding carboxylic acids is 1. The number of thioether (sulfide) groups is 1. The van der Waals surface area contributed by atoms with Crippen LogP contribution in [0.1, 0.15) is 24.0 Å². The zero-order valence-corrected chi connectivity index (χ0v) is 16.1. The maximum atomic E-state index is 12.9. The fourth-order valence-electron chi connectivity index (χ4n) is 2.80. The smallest absolute Gasteiger partial charge is 0.253 e. The zero-order chi connectivity index (χ0) is 17.9. The molecule has 0 N–H and O–H groups in total. The Bertz CT molecular complexity index is 922. The lowest BCUT2D eigenvalue weighted by Gasteiger charge is -2.19. The van der Waals surface area contributed by atoms with E-state index < -0.39 is 0 Å². The first-order valence-corrected chi connectivity index (χ1v) is 9.84. The van der Waals surface area contributed by atoms with E-state index in [-0.39, 0.29) is 17.7 Å². The Morgan fingerprint density at radius 1 is 1.15 bits per heavy atom. The van der Waals surface area contributed by atoms with Crippen molar-refractivity contribution < 1.29 is 13.6 Å². The van der Waals surface area contributed by atoms with Crippen molar-refractivity contribution in [3.05, 3.63) is 77.1 Å². The lowest BCUT2D eigenvalue weighted by molar-refractivity contribution is -0.130. The lowest BCUT2D eigenvalue weighted by atomic mass is 10.1. The van der Waals surface area contributed by atoms with Crippen LogP contribution < -0.4 is 0 Å². The summed E-state index contributed by atoms with van der Waals surface area (Å²) in [7, 11) is 0. The molecule has 0 aliphatic carbocycles. The van der Waals surface area contributed by atoms with Gasteiger partial charge in [-0.2, -0.15) is 5.10 Å². The Kier molecular flexibility index (Phi) is 4.99. The van der Waals surface area contributed by atoms with Crippen LogP contribution in [0, 0.1) is 0 Å². The van der Waals surface area contributed by atoms with Crippen molar-refractivity contribution in [3.63, 3.8) is 0 Å². The molecule has 0 saturated carbocycles. The summed E-state index contributed by atoms with van der Waals surface area (Å²) in [6.45, 7) is 0. The van der Waals surface area contributed by atoms with Crippen molar-refractivity contribution in [2.24, 2.45) is 5.10 Å². The minimum atomic E-state index is -0.252. The van der Waals surface area contributed by atoms with Gasteiger partial charge in [-0.1, -0.05) is 12.1 Å². The summed E-state index contributed by atoms with van der Waals surface area (Å²) in [4.78, 5) is 13.9. The second-order valence-corrected chi connectivity index (χ2v) is 7.59. The largest absolute Gasteiger partial charge is 0.467 e. The molecule has 0 radical (unpaired) electrons. The lowest BCUT2D eigenvalue weighted by Crippen LogP contribution is -2.28. The van der Waals surface area contributed by atoms with Crippen LogP contribution in [0.25, 0.3) is 0 Å². The molecule has 1 aliphatic rings.